The molecule has 0 saturated heterocycles. The number of aromatic nitrogens is 1. The number of amides is 1. The monoisotopic (exact) mass is 594 g/mol. The van der Waals surface area contributed by atoms with Crippen LogP contribution < -0.4 is 9.50 Å². The fourth-order valence-corrected chi connectivity index (χ4v) is 4.04. The molecule has 1 unspecified atom stereocenters. The van der Waals surface area contributed by atoms with Gasteiger partial charge in [-0.15, -0.1) is 0 Å². The Morgan fingerprint density at radius 1 is 1.22 bits per heavy atom. The lowest BCUT2D eigenvalue weighted by atomic mass is 10.1. The maximum absolute atomic E-state index is 12.4. The number of halogens is 3. The van der Waals surface area contributed by atoms with Gasteiger partial charge in [0.2, 0.25) is 12.6 Å². The first-order chi connectivity index (χ1) is 12.7. The van der Waals surface area contributed by atoms with Crippen LogP contribution in [0.15, 0.2) is 42.5 Å². The lowest BCUT2D eigenvalue weighted by molar-refractivity contribution is 0.0951. The average molecular weight is 597 g/mol. The minimum Gasteiger partial charge on any atom is -0.367 e. The van der Waals surface area contributed by atoms with Gasteiger partial charge in [-0.05, 0) is 78.5 Å². The smallest absolute Gasteiger partial charge is 0.289 e. The molecule has 1 atom stereocenters. The van der Waals surface area contributed by atoms with Gasteiger partial charge in [0.25, 0.3) is 11.1 Å². The highest BCUT2D eigenvalue weighted by Gasteiger charge is 2.30. The van der Waals surface area contributed by atoms with E-state index in [0.717, 1.165) is 10.3 Å². The summed E-state index contributed by atoms with van der Waals surface area (Å²) in [4.78, 5) is 16.7. The Labute approximate surface area is 188 Å². The third kappa shape index (κ3) is 5.60. The van der Waals surface area contributed by atoms with Gasteiger partial charge in [-0.1, -0.05) is 41.2 Å². The molecule has 142 valence electrons. The van der Waals surface area contributed by atoms with Crippen LogP contribution in [-0.2, 0) is 17.6 Å². The molecule has 0 saturated carbocycles. The highest BCUT2D eigenvalue weighted by Crippen LogP contribution is 2.39. The van der Waals surface area contributed by atoms with Crippen molar-refractivity contribution in [2.24, 2.45) is 0 Å². The molecular formula is C17H13Br3N2O3S2. The number of carbonyl (C=O) groups is 1. The largest absolute Gasteiger partial charge is 0.367 e. The molecule has 0 bridgehead atoms. The van der Waals surface area contributed by atoms with Crippen LogP contribution in [0.4, 0.5) is 0 Å². The van der Waals surface area contributed by atoms with Gasteiger partial charge in [-0.2, -0.15) is 0 Å². The molecule has 0 spiro atoms. The van der Waals surface area contributed by atoms with Crippen molar-refractivity contribution in [3.63, 3.8) is 0 Å². The molecule has 1 aromatic heterocycles. The summed E-state index contributed by atoms with van der Waals surface area (Å²) in [6, 6.07) is 13.2. The van der Waals surface area contributed by atoms with Crippen LogP contribution in [0.5, 0.6) is 5.19 Å². The SMILES string of the molecule is Cc1ccc(CNC(=O)c2ccc3sc(OS(=O)C(Br)(Br)Br)nc3c2)cc1. The number of thiazole rings is 1. The lowest BCUT2D eigenvalue weighted by Crippen LogP contribution is -2.22. The van der Waals surface area contributed by atoms with E-state index in [2.05, 4.69) is 58.1 Å². The number of benzene rings is 2. The van der Waals surface area contributed by atoms with Crippen molar-refractivity contribution in [2.45, 2.75) is 14.9 Å². The van der Waals surface area contributed by atoms with E-state index in [1.165, 1.54) is 16.9 Å². The third-order valence-electron chi connectivity index (χ3n) is 3.54. The van der Waals surface area contributed by atoms with E-state index in [-0.39, 0.29) is 11.1 Å². The quantitative estimate of drug-likeness (QED) is 0.402. The van der Waals surface area contributed by atoms with Crippen LogP contribution in [0.3, 0.4) is 0 Å². The van der Waals surface area contributed by atoms with Crippen molar-refractivity contribution in [1.29, 1.82) is 0 Å². The summed E-state index contributed by atoms with van der Waals surface area (Å²) in [6.07, 6.45) is 0. The minimum absolute atomic E-state index is 0.183. The molecule has 10 heteroatoms. The van der Waals surface area contributed by atoms with Crippen molar-refractivity contribution in [3.05, 3.63) is 59.2 Å². The molecule has 0 aliphatic carbocycles. The number of hydrogen-bond acceptors (Lipinski definition) is 5. The Morgan fingerprint density at radius 2 is 1.93 bits per heavy atom. The van der Waals surface area contributed by atoms with Gasteiger partial charge >= 0.3 is 0 Å². The number of rotatable bonds is 5. The van der Waals surface area contributed by atoms with E-state index in [9.17, 15) is 9.00 Å². The molecule has 5 nitrogen and oxygen atoms in total. The van der Waals surface area contributed by atoms with E-state index < -0.39 is 12.6 Å². The Hall–Kier alpha value is -0.810. The molecule has 1 heterocycles. The van der Waals surface area contributed by atoms with Gasteiger partial charge in [0, 0.05) is 12.1 Å². The zero-order valence-corrected chi connectivity index (χ0v) is 20.3. The first kappa shape index (κ1) is 20.9. The molecule has 1 N–H and O–H groups in total. The third-order valence-corrected chi connectivity index (χ3v) is 7.63. The van der Waals surface area contributed by atoms with Gasteiger partial charge < -0.3 is 9.50 Å². The molecular weight excluding hydrogens is 584 g/mol. The van der Waals surface area contributed by atoms with E-state index in [4.69, 9.17) is 4.18 Å². The molecule has 27 heavy (non-hydrogen) atoms. The summed E-state index contributed by atoms with van der Waals surface area (Å²) in [5.41, 5.74) is 3.32. The Kier molecular flexibility index (Phi) is 6.73. The zero-order valence-electron chi connectivity index (χ0n) is 13.9. The maximum Gasteiger partial charge on any atom is 0.289 e. The Bertz CT molecular complexity index is 1000. The molecule has 0 radical (unpaired) electrons. The summed E-state index contributed by atoms with van der Waals surface area (Å²) >= 11 is 8.96. The molecule has 2 aromatic carbocycles. The van der Waals surface area contributed by atoms with Crippen molar-refractivity contribution in [1.82, 2.24) is 10.3 Å². The van der Waals surface area contributed by atoms with E-state index >= 15 is 0 Å². The standard InChI is InChI=1S/C17H13Br3N2O3S2/c1-10-2-4-11(5-3-10)9-21-15(23)12-6-7-14-13(8-12)22-16(26-14)25-27(24)17(18,19)20/h2-8H,9H2,1H3,(H,21,23). The van der Waals surface area contributed by atoms with Crippen molar-refractivity contribution < 1.29 is 13.2 Å². The van der Waals surface area contributed by atoms with Crippen molar-refractivity contribution >= 4 is 86.3 Å². The summed E-state index contributed by atoms with van der Waals surface area (Å²) < 4.78 is 17.1. The Morgan fingerprint density at radius 3 is 2.59 bits per heavy atom. The van der Waals surface area contributed by atoms with Crippen LogP contribution in [-0.4, -0.2) is 16.6 Å². The summed E-state index contributed by atoms with van der Waals surface area (Å²) in [7, 11) is 0. The van der Waals surface area contributed by atoms with Crippen LogP contribution in [0, 0.1) is 6.92 Å². The number of carbonyl (C=O) groups excluding carboxylic acids is 1. The highest BCUT2D eigenvalue weighted by molar-refractivity contribution is 9.42. The lowest BCUT2D eigenvalue weighted by Gasteiger charge is -2.09. The van der Waals surface area contributed by atoms with Gasteiger partial charge in [-0.25, -0.2) is 9.19 Å². The van der Waals surface area contributed by atoms with E-state index in [0.29, 0.717) is 17.6 Å². The fourth-order valence-electron chi connectivity index (χ4n) is 2.19. The number of nitrogens with zero attached hydrogens (tertiary/aromatic N) is 1. The Balaban J connectivity index is 1.71. The van der Waals surface area contributed by atoms with E-state index in [1.807, 2.05) is 31.2 Å². The average Bonchev–Trinajstić information content (AvgIpc) is 3.01. The predicted molar refractivity (Wildman–Crippen MR) is 120 cm³/mol. The first-order valence-electron chi connectivity index (χ1n) is 7.63. The zero-order chi connectivity index (χ0) is 19.6. The normalized spacial score (nSPS) is 12.7. The first-order valence-corrected chi connectivity index (χ1v) is 11.9. The summed E-state index contributed by atoms with van der Waals surface area (Å²) in [5.74, 6) is -0.183. The van der Waals surface area contributed by atoms with Crippen LogP contribution in [0.2, 0.25) is 0 Å². The molecule has 0 aliphatic heterocycles. The second kappa shape index (κ2) is 8.69. The topological polar surface area (TPSA) is 68.3 Å². The number of hydrogen-bond donors (Lipinski definition) is 1. The predicted octanol–water partition coefficient (Wildman–Crippen LogP) is 5.37. The van der Waals surface area contributed by atoms with Gasteiger partial charge in [0.1, 0.15) is 0 Å². The second-order valence-corrected chi connectivity index (χ2v) is 16.2. The molecule has 3 rings (SSSR count). The summed E-state index contributed by atoms with van der Waals surface area (Å²) in [6.45, 7) is 2.47. The molecule has 3 aromatic rings. The van der Waals surface area contributed by atoms with Crippen LogP contribution in [0.25, 0.3) is 10.2 Å². The van der Waals surface area contributed by atoms with Crippen molar-refractivity contribution in [2.75, 3.05) is 0 Å². The van der Waals surface area contributed by atoms with Crippen molar-refractivity contribution in [3.8, 4) is 5.19 Å². The number of fused-ring (bicyclic) bond motifs is 1. The number of aryl methyl sites for hydroxylation is 1. The highest BCUT2D eigenvalue weighted by atomic mass is 80.0. The fraction of sp³-hybridized carbons (Fsp3) is 0.176. The van der Waals surface area contributed by atoms with Gasteiger partial charge in [0.05, 0.1) is 10.2 Å². The van der Waals surface area contributed by atoms with Crippen LogP contribution >= 0.6 is 59.1 Å². The second-order valence-electron chi connectivity index (χ2n) is 5.59. The maximum atomic E-state index is 12.4. The minimum atomic E-state index is -1.74. The van der Waals surface area contributed by atoms with E-state index in [1.54, 1.807) is 18.2 Å². The molecule has 0 fully saturated rings. The number of alkyl halides is 3. The summed E-state index contributed by atoms with van der Waals surface area (Å²) in [5, 5.41) is 3.15. The van der Waals surface area contributed by atoms with Crippen LogP contribution in [0.1, 0.15) is 21.5 Å². The number of nitrogens with one attached hydrogen (secondary N) is 1. The van der Waals surface area contributed by atoms with Gasteiger partial charge in [-0.3, -0.25) is 4.79 Å². The molecule has 0 aliphatic rings. The molecule has 1 amide bonds. The van der Waals surface area contributed by atoms with Gasteiger partial charge in [0.15, 0.2) is 0 Å².